The summed E-state index contributed by atoms with van der Waals surface area (Å²) in [5.74, 6) is -1.88. The highest BCUT2D eigenvalue weighted by Gasteiger charge is 2.24. The molecular formula is C9H8ClFO4S. The Balaban J connectivity index is 3.65. The van der Waals surface area contributed by atoms with Crippen LogP contribution >= 0.6 is 11.6 Å². The third kappa shape index (κ3) is 2.33. The second-order valence-electron chi connectivity index (χ2n) is 3.00. The van der Waals surface area contributed by atoms with E-state index in [-0.39, 0.29) is 4.90 Å². The number of methoxy groups -OCH3 is 1. The van der Waals surface area contributed by atoms with Gasteiger partial charge in [-0.25, -0.2) is 17.6 Å². The van der Waals surface area contributed by atoms with Gasteiger partial charge in [-0.05, 0) is 12.1 Å². The summed E-state index contributed by atoms with van der Waals surface area (Å²) in [7, 11) is -2.63. The summed E-state index contributed by atoms with van der Waals surface area (Å²) in [5.41, 5.74) is -0.480. The van der Waals surface area contributed by atoms with Crippen molar-refractivity contribution in [2.24, 2.45) is 0 Å². The Morgan fingerprint density at radius 2 is 2.00 bits per heavy atom. The van der Waals surface area contributed by atoms with Gasteiger partial charge in [0.2, 0.25) is 0 Å². The van der Waals surface area contributed by atoms with Gasteiger partial charge >= 0.3 is 5.97 Å². The van der Waals surface area contributed by atoms with E-state index in [9.17, 15) is 17.6 Å². The molecule has 0 aliphatic rings. The highest BCUT2D eigenvalue weighted by Crippen LogP contribution is 2.27. The zero-order chi connectivity index (χ0) is 12.5. The fraction of sp³-hybridized carbons (Fsp3) is 0.222. The number of hydrogen-bond donors (Lipinski definition) is 0. The summed E-state index contributed by atoms with van der Waals surface area (Å²) in [5, 5.41) is -0.560. The Morgan fingerprint density at radius 1 is 1.44 bits per heavy atom. The molecule has 1 aromatic rings. The average Bonchev–Trinajstić information content (AvgIpc) is 2.19. The lowest BCUT2D eigenvalue weighted by Gasteiger charge is -2.08. The number of rotatable bonds is 2. The Labute approximate surface area is 96.9 Å². The molecule has 7 heteroatoms. The molecule has 0 bridgehead atoms. The molecular weight excluding hydrogens is 259 g/mol. The van der Waals surface area contributed by atoms with Crippen LogP contribution in [-0.2, 0) is 14.6 Å². The van der Waals surface area contributed by atoms with Crippen LogP contribution in [0.5, 0.6) is 0 Å². The van der Waals surface area contributed by atoms with Crippen LogP contribution in [-0.4, -0.2) is 27.8 Å². The van der Waals surface area contributed by atoms with Crippen molar-refractivity contribution in [1.29, 1.82) is 0 Å². The van der Waals surface area contributed by atoms with E-state index in [1.807, 2.05) is 0 Å². The lowest BCUT2D eigenvalue weighted by atomic mass is 10.2. The normalized spacial score (nSPS) is 11.2. The minimum Gasteiger partial charge on any atom is -0.465 e. The molecule has 0 radical (unpaired) electrons. The number of halogens is 2. The first-order valence-corrected chi connectivity index (χ1v) is 6.32. The molecule has 0 saturated heterocycles. The van der Waals surface area contributed by atoms with Crippen molar-refractivity contribution in [3.05, 3.63) is 28.5 Å². The highest BCUT2D eigenvalue weighted by molar-refractivity contribution is 7.90. The van der Waals surface area contributed by atoms with Gasteiger partial charge in [0, 0.05) is 6.26 Å². The molecule has 4 nitrogen and oxygen atoms in total. The number of esters is 1. The molecule has 0 fully saturated rings. The van der Waals surface area contributed by atoms with Gasteiger partial charge in [0.05, 0.1) is 22.6 Å². The van der Waals surface area contributed by atoms with Crippen molar-refractivity contribution < 1.29 is 22.3 Å². The smallest absolute Gasteiger partial charge is 0.340 e. The van der Waals surface area contributed by atoms with Gasteiger partial charge in [-0.15, -0.1) is 0 Å². The van der Waals surface area contributed by atoms with Crippen molar-refractivity contribution in [3.8, 4) is 0 Å². The molecule has 0 heterocycles. The van der Waals surface area contributed by atoms with Crippen LogP contribution in [0.1, 0.15) is 10.4 Å². The van der Waals surface area contributed by atoms with Gasteiger partial charge in [0.25, 0.3) is 0 Å². The van der Waals surface area contributed by atoms with Gasteiger partial charge in [0.15, 0.2) is 9.84 Å². The van der Waals surface area contributed by atoms with Gasteiger partial charge in [-0.3, -0.25) is 0 Å². The predicted molar refractivity (Wildman–Crippen MR) is 55.9 cm³/mol. The molecule has 16 heavy (non-hydrogen) atoms. The number of benzene rings is 1. The van der Waals surface area contributed by atoms with Gasteiger partial charge in [-0.1, -0.05) is 11.6 Å². The molecule has 88 valence electrons. The molecule has 0 unspecified atom stereocenters. The standard InChI is InChI=1S/C9H8ClFO4S/c1-15-9(12)7-6(16(2,13)14)4-3-5(11)8(7)10/h3-4H,1-2H3. The quantitative estimate of drug-likeness (QED) is 0.603. The monoisotopic (exact) mass is 266 g/mol. The summed E-state index contributed by atoms with van der Waals surface area (Å²) in [6.45, 7) is 0. The maximum atomic E-state index is 13.1. The van der Waals surface area contributed by atoms with Crippen LogP contribution in [0.3, 0.4) is 0 Å². The third-order valence-electron chi connectivity index (χ3n) is 1.85. The number of ether oxygens (including phenoxy) is 1. The fourth-order valence-electron chi connectivity index (χ4n) is 1.13. The van der Waals surface area contributed by atoms with Crippen LogP contribution in [0.4, 0.5) is 4.39 Å². The van der Waals surface area contributed by atoms with Crippen molar-refractivity contribution in [1.82, 2.24) is 0 Å². The molecule has 0 aliphatic carbocycles. The molecule has 0 atom stereocenters. The topological polar surface area (TPSA) is 60.4 Å². The van der Waals surface area contributed by atoms with E-state index in [1.54, 1.807) is 0 Å². The molecule has 0 aliphatic heterocycles. The first-order valence-electron chi connectivity index (χ1n) is 4.05. The summed E-state index contributed by atoms with van der Waals surface area (Å²) in [6, 6.07) is 1.86. The Morgan fingerprint density at radius 3 is 2.44 bits per heavy atom. The van der Waals surface area contributed by atoms with Gasteiger partial charge in [-0.2, -0.15) is 0 Å². The van der Waals surface area contributed by atoms with Crippen molar-refractivity contribution >= 4 is 27.4 Å². The molecule has 0 spiro atoms. The zero-order valence-corrected chi connectivity index (χ0v) is 10.0. The molecule has 0 amide bonds. The first-order chi connectivity index (χ1) is 7.29. The van der Waals surface area contributed by atoms with Crippen LogP contribution in [0.25, 0.3) is 0 Å². The lowest BCUT2D eigenvalue weighted by molar-refractivity contribution is 0.0596. The van der Waals surface area contributed by atoms with E-state index in [1.165, 1.54) is 0 Å². The lowest BCUT2D eigenvalue weighted by Crippen LogP contribution is -2.11. The maximum absolute atomic E-state index is 13.1. The van der Waals surface area contributed by atoms with E-state index in [4.69, 9.17) is 11.6 Å². The summed E-state index contributed by atoms with van der Waals surface area (Å²) in [6.07, 6.45) is 0.892. The summed E-state index contributed by atoms with van der Waals surface area (Å²) >= 11 is 5.54. The number of carbonyl (C=O) groups excluding carboxylic acids is 1. The van der Waals surface area contributed by atoms with Crippen molar-refractivity contribution in [2.45, 2.75) is 4.90 Å². The molecule has 0 aromatic heterocycles. The number of hydrogen-bond acceptors (Lipinski definition) is 4. The minimum absolute atomic E-state index is 0.356. The van der Waals surface area contributed by atoms with E-state index < -0.39 is 32.2 Å². The summed E-state index contributed by atoms with van der Waals surface area (Å²) in [4.78, 5) is 11.0. The third-order valence-corrected chi connectivity index (χ3v) is 3.35. The maximum Gasteiger partial charge on any atom is 0.340 e. The first kappa shape index (κ1) is 12.9. The largest absolute Gasteiger partial charge is 0.465 e. The molecule has 0 saturated carbocycles. The SMILES string of the molecule is COC(=O)c1c(S(C)(=O)=O)ccc(F)c1Cl. The Kier molecular flexibility index (Phi) is 3.54. The summed E-state index contributed by atoms with van der Waals surface area (Å²) < 4.78 is 40.2. The molecule has 0 N–H and O–H groups in total. The average molecular weight is 267 g/mol. The second kappa shape index (κ2) is 4.39. The van der Waals surface area contributed by atoms with E-state index in [0.29, 0.717) is 0 Å². The molecule has 1 rings (SSSR count). The van der Waals surface area contributed by atoms with Gasteiger partial charge < -0.3 is 4.74 Å². The number of carbonyl (C=O) groups is 1. The van der Waals surface area contributed by atoms with E-state index in [2.05, 4.69) is 4.74 Å². The predicted octanol–water partition coefficient (Wildman–Crippen LogP) is 1.67. The van der Waals surface area contributed by atoms with Crippen LogP contribution < -0.4 is 0 Å². The Bertz CT molecular complexity index is 539. The van der Waals surface area contributed by atoms with Crippen molar-refractivity contribution in [3.63, 3.8) is 0 Å². The van der Waals surface area contributed by atoms with Crippen LogP contribution in [0, 0.1) is 5.82 Å². The second-order valence-corrected chi connectivity index (χ2v) is 5.36. The fourth-order valence-corrected chi connectivity index (χ4v) is 2.30. The van der Waals surface area contributed by atoms with E-state index in [0.717, 1.165) is 25.5 Å². The Hall–Kier alpha value is -1.14. The van der Waals surface area contributed by atoms with Crippen LogP contribution in [0.15, 0.2) is 17.0 Å². The highest BCUT2D eigenvalue weighted by atomic mass is 35.5. The van der Waals surface area contributed by atoms with E-state index >= 15 is 0 Å². The van der Waals surface area contributed by atoms with Crippen LogP contribution in [0.2, 0.25) is 5.02 Å². The zero-order valence-electron chi connectivity index (χ0n) is 8.45. The number of sulfone groups is 1. The molecule has 1 aromatic carbocycles. The van der Waals surface area contributed by atoms with Crippen molar-refractivity contribution in [2.75, 3.05) is 13.4 Å². The minimum atomic E-state index is -3.68. The van der Waals surface area contributed by atoms with Gasteiger partial charge in [0.1, 0.15) is 5.82 Å².